The van der Waals surface area contributed by atoms with Gasteiger partial charge in [0.1, 0.15) is 11.6 Å². The van der Waals surface area contributed by atoms with E-state index in [1.807, 2.05) is 0 Å². The van der Waals surface area contributed by atoms with Crippen LogP contribution in [0.4, 0.5) is 4.79 Å². The molecule has 0 aromatic carbocycles. The maximum Gasteiger partial charge on any atom is 0.407 e. The second-order valence-electron chi connectivity index (χ2n) is 6.68. The standard InChI is InChI=1S/C15H26N2O5S/c1-15(2,3)22-14(21)16-7-5-4-6-11(13(19)20)17-9-10(23)8-12(17)18/h10-11,23H,4-9H2,1-3H3,(H,16,21)(H,19,20)/t10?,11-/m0/s1. The van der Waals surface area contributed by atoms with Gasteiger partial charge in [0.15, 0.2) is 0 Å². The lowest BCUT2D eigenvalue weighted by Gasteiger charge is -2.24. The van der Waals surface area contributed by atoms with Crippen LogP contribution in [-0.2, 0) is 14.3 Å². The first-order valence-corrected chi connectivity index (χ1v) is 8.29. The number of likely N-dealkylation sites (tertiary alicyclic amines) is 1. The van der Waals surface area contributed by atoms with Gasteiger partial charge in [0.25, 0.3) is 0 Å². The van der Waals surface area contributed by atoms with Crippen LogP contribution in [0.25, 0.3) is 0 Å². The van der Waals surface area contributed by atoms with Gasteiger partial charge in [-0.3, -0.25) is 4.79 Å². The molecule has 1 saturated heterocycles. The Morgan fingerprint density at radius 1 is 1.43 bits per heavy atom. The summed E-state index contributed by atoms with van der Waals surface area (Å²) in [7, 11) is 0. The molecule has 0 bridgehead atoms. The van der Waals surface area contributed by atoms with Gasteiger partial charge in [0, 0.05) is 24.8 Å². The van der Waals surface area contributed by atoms with Gasteiger partial charge in [-0.2, -0.15) is 12.6 Å². The number of aliphatic carboxylic acids is 1. The molecule has 0 saturated carbocycles. The van der Waals surface area contributed by atoms with Crippen molar-refractivity contribution in [2.24, 2.45) is 0 Å². The number of ether oxygens (including phenoxy) is 1. The number of nitrogens with zero attached hydrogens (tertiary/aromatic N) is 1. The minimum atomic E-state index is -0.999. The van der Waals surface area contributed by atoms with Gasteiger partial charge in [-0.25, -0.2) is 9.59 Å². The summed E-state index contributed by atoms with van der Waals surface area (Å²) in [5.74, 6) is -1.16. The zero-order valence-electron chi connectivity index (χ0n) is 13.9. The smallest absolute Gasteiger partial charge is 0.407 e. The van der Waals surface area contributed by atoms with Gasteiger partial charge in [-0.1, -0.05) is 0 Å². The van der Waals surface area contributed by atoms with Crippen molar-refractivity contribution in [1.82, 2.24) is 10.2 Å². The Balaban J connectivity index is 2.31. The lowest BCUT2D eigenvalue weighted by atomic mass is 10.1. The van der Waals surface area contributed by atoms with Crippen molar-refractivity contribution in [3.05, 3.63) is 0 Å². The number of rotatable bonds is 7. The second-order valence-corrected chi connectivity index (χ2v) is 7.41. The van der Waals surface area contributed by atoms with Gasteiger partial charge in [0.05, 0.1) is 0 Å². The molecule has 132 valence electrons. The van der Waals surface area contributed by atoms with Crippen molar-refractivity contribution >= 4 is 30.6 Å². The summed E-state index contributed by atoms with van der Waals surface area (Å²) in [6.07, 6.45) is 1.37. The molecule has 1 rings (SSSR count). The van der Waals surface area contributed by atoms with Crippen LogP contribution in [0.1, 0.15) is 46.5 Å². The molecule has 1 aliphatic heterocycles. The Bertz CT molecular complexity index is 450. The first-order chi connectivity index (χ1) is 10.6. The van der Waals surface area contributed by atoms with Crippen LogP contribution in [0.15, 0.2) is 0 Å². The minimum Gasteiger partial charge on any atom is -0.480 e. The average Bonchev–Trinajstić information content (AvgIpc) is 2.70. The first-order valence-electron chi connectivity index (χ1n) is 7.77. The normalized spacial score (nSPS) is 19.6. The molecule has 2 atom stereocenters. The van der Waals surface area contributed by atoms with Crippen molar-refractivity contribution in [3.8, 4) is 0 Å². The third-order valence-corrected chi connectivity index (χ3v) is 3.72. The summed E-state index contributed by atoms with van der Waals surface area (Å²) in [5.41, 5.74) is -0.544. The number of carboxylic acids is 1. The average molecular weight is 346 g/mol. The molecule has 7 nitrogen and oxygen atoms in total. The van der Waals surface area contributed by atoms with Crippen LogP contribution in [0.5, 0.6) is 0 Å². The van der Waals surface area contributed by atoms with Crippen LogP contribution in [-0.4, -0.2) is 58.0 Å². The molecule has 1 fully saturated rings. The lowest BCUT2D eigenvalue weighted by Crippen LogP contribution is -2.42. The van der Waals surface area contributed by atoms with Gasteiger partial charge < -0.3 is 20.1 Å². The molecule has 1 aliphatic rings. The quantitative estimate of drug-likeness (QED) is 0.481. The van der Waals surface area contributed by atoms with Gasteiger partial charge in [-0.05, 0) is 40.0 Å². The highest BCUT2D eigenvalue weighted by Gasteiger charge is 2.35. The Morgan fingerprint density at radius 2 is 2.09 bits per heavy atom. The third kappa shape index (κ3) is 7.11. The lowest BCUT2D eigenvalue weighted by molar-refractivity contribution is -0.148. The number of unbranched alkanes of at least 4 members (excludes halogenated alkanes) is 1. The predicted molar refractivity (Wildman–Crippen MR) is 88.6 cm³/mol. The maximum atomic E-state index is 11.8. The largest absolute Gasteiger partial charge is 0.480 e. The van der Waals surface area contributed by atoms with E-state index in [1.54, 1.807) is 20.8 Å². The Hall–Kier alpha value is -1.44. The molecule has 0 radical (unpaired) electrons. The van der Waals surface area contributed by atoms with Gasteiger partial charge in [-0.15, -0.1) is 0 Å². The number of carbonyl (C=O) groups is 3. The van der Waals surface area contributed by atoms with E-state index in [0.29, 0.717) is 32.4 Å². The molecule has 8 heteroatoms. The van der Waals surface area contributed by atoms with E-state index in [2.05, 4.69) is 17.9 Å². The topological polar surface area (TPSA) is 95.9 Å². The molecule has 2 N–H and O–H groups in total. The molecular weight excluding hydrogens is 320 g/mol. The fraction of sp³-hybridized carbons (Fsp3) is 0.800. The number of alkyl carbamates (subject to hydrolysis) is 1. The molecule has 1 heterocycles. The molecule has 23 heavy (non-hydrogen) atoms. The van der Waals surface area contributed by atoms with Crippen LogP contribution in [0.2, 0.25) is 0 Å². The maximum absolute atomic E-state index is 11.8. The number of carboxylic acid groups (broad SMARTS) is 1. The SMILES string of the molecule is CC(C)(C)OC(=O)NCCCC[C@@H](C(=O)O)N1CC(S)CC1=O. The zero-order chi connectivity index (χ0) is 17.6. The van der Waals surface area contributed by atoms with Crippen molar-refractivity contribution in [1.29, 1.82) is 0 Å². The van der Waals surface area contributed by atoms with Crippen molar-refractivity contribution in [3.63, 3.8) is 0 Å². The first kappa shape index (κ1) is 19.6. The van der Waals surface area contributed by atoms with Crippen LogP contribution in [0.3, 0.4) is 0 Å². The Labute approximate surface area is 142 Å². The van der Waals surface area contributed by atoms with Crippen LogP contribution >= 0.6 is 12.6 Å². The van der Waals surface area contributed by atoms with E-state index < -0.39 is 23.7 Å². The molecule has 2 amide bonds. The molecule has 0 aliphatic carbocycles. The Morgan fingerprint density at radius 3 is 2.57 bits per heavy atom. The van der Waals surface area contributed by atoms with E-state index in [0.717, 1.165) is 0 Å². The van der Waals surface area contributed by atoms with Crippen LogP contribution in [0, 0.1) is 0 Å². The van der Waals surface area contributed by atoms with E-state index in [4.69, 9.17) is 4.74 Å². The highest BCUT2D eigenvalue weighted by atomic mass is 32.1. The Kier molecular flexibility index (Phi) is 7.18. The van der Waals surface area contributed by atoms with Gasteiger partial charge in [0.2, 0.25) is 5.91 Å². The number of hydrogen-bond donors (Lipinski definition) is 3. The van der Waals surface area contributed by atoms with Crippen molar-refractivity contribution < 1.29 is 24.2 Å². The fourth-order valence-electron chi connectivity index (χ4n) is 2.39. The van der Waals surface area contributed by atoms with E-state index >= 15 is 0 Å². The highest BCUT2D eigenvalue weighted by Crippen LogP contribution is 2.21. The monoisotopic (exact) mass is 346 g/mol. The zero-order valence-corrected chi connectivity index (χ0v) is 14.8. The summed E-state index contributed by atoms with van der Waals surface area (Å²) in [6, 6.07) is -0.818. The molecular formula is C15H26N2O5S. The molecule has 0 aromatic heterocycles. The third-order valence-electron chi connectivity index (χ3n) is 3.37. The van der Waals surface area contributed by atoms with E-state index in [-0.39, 0.29) is 17.6 Å². The molecule has 0 spiro atoms. The summed E-state index contributed by atoms with van der Waals surface area (Å²) in [4.78, 5) is 36.0. The summed E-state index contributed by atoms with van der Waals surface area (Å²) in [6.45, 7) is 6.13. The molecule has 1 unspecified atom stereocenters. The summed E-state index contributed by atoms with van der Waals surface area (Å²) in [5, 5.41) is 11.8. The van der Waals surface area contributed by atoms with E-state index in [9.17, 15) is 19.5 Å². The van der Waals surface area contributed by atoms with Gasteiger partial charge >= 0.3 is 12.1 Å². The number of nitrogens with one attached hydrogen (secondary N) is 1. The second kappa shape index (κ2) is 8.42. The molecule has 0 aromatic rings. The van der Waals surface area contributed by atoms with Crippen LogP contribution < -0.4 is 5.32 Å². The highest BCUT2D eigenvalue weighted by molar-refractivity contribution is 7.81. The fourth-order valence-corrected chi connectivity index (χ4v) is 2.73. The van der Waals surface area contributed by atoms with E-state index in [1.165, 1.54) is 4.90 Å². The summed E-state index contributed by atoms with van der Waals surface area (Å²) < 4.78 is 5.11. The summed E-state index contributed by atoms with van der Waals surface area (Å²) >= 11 is 4.24. The number of hydrogen-bond acceptors (Lipinski definition) is 5. The van der Waals surface area contributed by atoms with Crippen molar-refractivity contribution in [2.75, 3.05) is 13.1 Å². The number of amides is 2. The predicted octanol–water partition coefficient (Wildman–Crippen LogP) is 1.67. The van der Waals surface area contributed by atoms with Crippen molar-refractivity contribution in [2.45, 2.75) is 63.3 Å². The number of thiol groups is 1. The minimum absolute atomic E-state index is 0.0989. The number of carbonyl (C=O) groups excluding carboxylic acids is 2.